The van der Waals surface area contributed by atoms with Crippen molar-refractivity contribution in [3.8, 4) is 5.75 Å². The summed E-state index contributed by atoms with van der Waals surface area (Å²) in [6.45, 7) is 1.72. The number of methoxy groups -OCH3 is 1. The number of carbonyl (C=O) groups excluding carboxylic acids is 1. The van der Waals surface area contributed by atoms with Crippen LogP contribution in [-0.2, 0) is 9.63 Å². The zero-order valence-corrected chi connectivity index (χ0v) is 12.6. The van der Waals surface area contributed by atoms with Crippen LogP contribution in [0.2, 0.25) is 0 Å². The molecule has 116 valence electrons. The highest BCUT2D eigenvalue weighted by Gasteiger charge is 2.28. The fourth-order valence-corrected chi connectivity index (χ4v) is 2.60. The molecule has 0 aliphatic carbocycles. The molecule has 0 bridgehead atoms. The van der Waals surface area contributed by atoms with Crippen LogP contribution >= 0.6 is 0 Å². The molecule has 7 nitrogen and oxygen atoms in total. The fraction of sp³-hybridized carbons (Fsp3) is 0.400. The van der Waals surface area contributed by atoms with Gasteiger partial charge < -0.3 is 20.2 Å². The lowest BCUT2D eigenvalue weighted by Crippen LogP contribution is -2.28. The van der Waals surface area contributed by atoms with Gasteiger partial charge >= 0.3 is 0 Å². The van der Waals surface area contributed by atoms with Gasteiger partial charge in [-0.25, -0.2) is 0 Å². The Morgan fingerprint density at radius 1 is 1.50 bits per heavy atom. The molecule has 0 aromatic heterocycles. The number of benzene rings is 1. The van der Waals surface area contributed by atoms with Gasteiger partial charge in [-0.15, -0.1) is 0 Å². The normalized spacial score (nSPS) is 20.5. The van der Waals surface area contributed by atoms with E-state index >= 15 is 0 Å². The number of likely N-dealkylation sites (N-methyl/N-ethyl adjacent to an activating group) is 1. The minimum Gasteiger partial charge on any atom is -0.496 e. The molecule has 2 aliphatic heterocycles. The Kier molecular flexibility index (Phi) is 3.70. The van der Waals surface area contributed by atoms with Gasteiger partial charge in [-0.05, 0) is 12.1 Å². The molecule has 1 amide bonds. The summed E-state index contributed by atoms with van der Waals surface area (Å²) in [5.74, 6) is 1.11. The Morgan fingerprint density at radius 2 is 2.32 bits per heavy atom. The van der Waals surface area contributed by atoms with Gasteiger partial charge in [-0.1, -0.05) is 11.2 Å². The molecule has 0 radical (unpaired) electrons. The molecule has 0 saturated heterocycles. The van der Waals surface area contributed by atoms with Gasteiger partial charge in [0.1, 0.15) is 11.6 Å². The second-order valence-corrected chi connectivity index (χ2v) is 5.28. The van der Waals surface area contributed by atoms with Crippen molar-refractivity contribution in [1.82, 2.24) is 4.90 Å². The molecule has 1 unspecified atom stereocenters. The van der Waals surface area contributed by atoms with Crippen LogP contribution in [0.5, 0.6) is 5.75 Å². The molecule has 1 aromatic rings. The van der Waals surface area contributed by atoms with Crippen LogP contribution in [-0.4, -0.2) is 55.7 Å². The first kappa shape index (κ1) is 14.4. The van der Waals surface area contributed by atoms with E-state index in [1.54, 1.807) is 7.11 Å². The summed E-state index contributed by atoms with van der Waals surface area (Å²) in [5, 5.41) is 3.95. The third-order valence-electron chi connectivity index (χ3n) is 3.82. The van der Waals surface area contributed by atoms with Gasteiger partial charge in [0, 0.05) is 31.1 Å². The number of oxime groups is 1. The second-order valence-electron chi connectivity index (χ2n) is 5.28. The number of rotatable bonds is 4. The van der Waals surface area contributed by atoms with Crippen molar-refractivity contribution in [2.75, 3.05) is 27.2 Å². The number of nitrogens with zero attached hydrogens (tertiary/aromatic N) is 3. The maximum atomic E-state index is 11.2. The molecule has 0 fully saturated rings. The monoisotopic (exact) mass is 302 g/mol. The second kappa shape index (κ2) is 5.67. The lowest BCUT2D eigenvalue weighted by atomic mass is 10.0. The smallest absolute Gasteiger partial charge is 0.261 e. The Balaban J connectivity index is 1.89. The summed E-state index contributed by atoms with van der Waals surface area (Å²) in [6, 6.07) is 5.81. The average Bonchev–Trinajstić information content (AvgIpc) is 3.15. The molecule has 1 atom stereocenters. The number of primary amides is 1. The van der Waals surface area contributed by atoms with Crippen molar-refractivity contribution in [3.05, 3.63) is 29.3 Å². The summed E-state index contributed by atoms with van der Waals surface area (Å²) >= 11 is 0. The molecule has 2 aliphatic rings. The van der Waals surface area contributed by atoms with Crippen molar-refractivity contribution in [1.29, 1.82) is 0 Å². The number of nitrogens with two attached hydrogens (primary N) is 1. The first-order chi connectivity index (χ1) is 10.6. The average molecular weight is 302 g/mol. The van der Waals surface area contributed by atoms with Crippen LogP contribution in [0.25, 0.3) is 0 Å². The lowest BCUT2D eigenvalue weighted by Gasteiger charge is -2.15. The molecule has 22 heavy (non-hydrogen) atoms. The van der Waals surface area contributed by atoms with E-state index in [0.717, 1.165) is 30.1 Å². The summed E-state index contributed by atoms with van der Waals surface area (Å²) in [5.41, 5.74) is 7.70. The van der Waals surface area contributed by atoms with Crippen LogP contribution in [0.4, 0.5) is 0 Å². The Morgan fingerprint density at radius 3 is 2.91 bits per heavy atom. The number of carbonyl (C=O) groups is 1. The van der Waals surface area contributed by atoms with Crippen molar-refractivity contribution < 1.29 is 14.4 Å². The summed E-state index contributed by atoms with van der Waals surface area (Å²) in [6.07, 6.45) is -0.351. The molecule has 3 rings (SSSR count). The summed E-state index contributed by atoms with van der Waals surface area (Å²) in [4.78, 5) is 22.8. The van der Waals surface area contributed by atoms with Crippen LogP contribution in [0, 0.1) is 0 Å². The summed E-state index contributed by atoms with van der Waals surface area (Å²) in [7, 11) is 3.61. The first-order valence-corrected chi connectivity index (χ1v) is 7.06. The van der Waals surface area contributed by atoms with E-state index in [1.165, 1.54) is 0 Å². The van der Waals surface area contributed by atoms with Crippen molar-refractivity contribution in [3.63, 3.8) is 0 Å². The number of hydrogen-bond acceptors (Lipinski definition) is 6. The third-order valence-corrected chi connectivity index (χ3v) is 3.82. The minimum absolute atomic E-state index is 0.353. The molecule has 7 heteroatoms. The Bertz CT molecular complexity index is 669. The molecule has 2 heterocycles. The number of ether oxygens (including phenoxy) is 1. The van der Waals surface area contributed by atoms with E-state index in [1.807, 2.05) is 25.2 Å². The topological polar surface area (TPSA) is 89.5 Å². The maximum Gasteiger partial charge on any atom is 0.261 e. The SMILES string of the molecule is COc1cc(C2=NCCN2C)ccc1C1=NOC(C(N)=O)C1. The molecule has 2 N–H and O–H groups in total. The molecule has 0 saturated carbocycles. The highest BCUT2D eigenvalue weighted by molar-refractivity contribution is 6.07. The zero-order valence-electron chi connectivity index (χ0n) is 12.6. The number of amidine groups is 1. The summed E-state index contributed by atoms with van der Waals surface area (Å²) < 4.78 is 5.46. The van der Waals surface area contributed by atoms with E-state index < -0.39 is 12.0 Å². The number of hydrogen-bond donors (Lipinski definition) is 1. The Labute approximate surface area is 128 Å². The fourth-order valence-electron chi connectivity index (χ4n) is 2.60. The predicted molar refractivity (Wildman–Crippen MR) is 82.2 cm³/mol. The van der Waals surface area contributed by atoms with Crippen LogP contribution in [0.1, 0.15) is 17.5 Å². The van der Waals surface area contributed by atoms with Gasteiger partial charge in [0.25, 0.3) is 5.91 Å². The van der Waals surface area contributed by atoms with Crippen molar-refractivity contribution in [2.24, 2.45) is 15.9 Å². The van der Waals surface area contributed by atoms with Crippen molar-refractivity contribution in [2.45, 2.75) is 12.5 Å². The highest BCUT2D eigenvalue weighted by Crippen LogP contribution is 2.27. The number of amides is 1. The molecule has 0 spiro atoms. The van der Waals surface area contributed by atoms with Crippen molar-refractivity contribution >= 4 is 17.5 Å². The standard InChI is InChI=1S/C15H18N4O3/c1-19-6-5-17-15(19)9-3-4-10(12(7-9)21-2)11-8-13(14(16)20)22-18-11/h3-4,7,13H,5-6,8H2,1-2H3,(H2,16,20). The van der Waals surface area contributed by atoms with E-state index in [4.69, 9.17) is 15.3 Å². The first-order valence-electron chi connectivity index (χ1n) is 7.06. The highest BCUT2D eigenvalue weighted by atomic mass is 16.6. The zero-order chi connectivity index (χ0) is 15.7. The molecule has 1 aromatic carbocycles. The van der Waals surface area contributed by atoms with Gasteiger partial charge in [0.05, 0.1) is 19.4 Å². The van der Waals surface area contributed by atoms with E-state index in [2.05, 4.69) is 15.0 Å². The van der Waals surface area contributed by atoms with Gasteiger partial charge in [-0.2, -0.15) is 0 Å². The lowest BCUT2D eigenvalue weighted by molar-refractivity contribution is -0.127. The van der Waals surface area contributed by atoms with Crippen LogP contribution < -0.4 is 10.5 Å². The molecular weight excluding hydrogens is 284 g/mol. The third kappa shape index (κ3) is 2.49. The Hall–Kier alpha value is -2.57. The van der Waals surface area contributed by atoms with Gasteiger partial charge in [-0.3, -0.25) is 9.79 Å². The predicted octanol–water partition coefficient (Wildman–Crippen LogP) is 0.366. The largest absolute Gasteiger partial charge is 0.496 e. The van der Waals surface area contributed by atoms with E-state index in [0.29, 0.717) is 17.9 Å². The maximum absolute atomic E-state index is 11.2. The van der Waals surface area contributed by atoms with E-state index in [9.17, 15) is 4.79 Å². The van der Waals surface area contributed by atoms with Crippen LogP contribution in [0.15, 0.2) is 28.3 Å². The quantitative estimate of drug-likeness (QED) is 0.870. The van der Waals surface area contributed by atoms with Gasteiger partial charge in [0.2, 0.25) is 6.10 Å². The van der Waals surface area contributed by atoms with Gasteiger partial charge in [0.15, 0.2) is 0 Å². The van der Waals surface area contributed by atoms with Crippen LogP contribution in [0.3, 0.4) is 0 Å². The minimum atomic E-state index is -0.704. The van der Waals surface area contributed by atoms with E-state index in [-0.39, 0.29) is 0 Å². The number of aliphatic imine (C=N–C) groups is 1. The molecular formula is C15H18N4O3.